The molecule has 0 radical (unpaired) electrons. The van der Waals surface area contributed by atoms with E-state index in [0.29, 0.717) is 5.69 Å². The number of aromatic nitrogens is 2. The summed E-state index contributed by atoms with van der Waals surface area (Å²) in [5.41, 5.74) is -0.254. The zero-order chi connectivity index (χ0) is 12.2. The van der Waals surface area contributed by atoms with Gasteiger partial charge in [-0.25, -0.2) is 19.6 Å². The van der Waals surface area contributed by atoms with Crippen molar-refractivity contribution in [2.45, 2.75) is 26.4 Å². The smallest absolute Gasteiger partial charge is 0.414 e. The highest BCUT2D eigenvalue weighted by Crippen LogP contribution is 2.11. The highest BCUT2D eigenvalue weighted by atomic mass is 16.6. The zero-order valence-corrected chi connectivity index (χ0v) is 9.31. The van der Waals surface area contributed by atoms with Gasteiger partial charge in [-0.15, -0.1) is 0 Å². The van der Waals surface area contributed by atoms with Gasteiger partial charge in [0.1, 0.15) is 5.60 Å². The molecule has 0 spiro atoms. The van der Waals surface area contributed by atoms with Gasteiger partial charge in [-0.1, -0.05) is 0 Å². The number of nitrogens with one attached hydrogen (secondary N) is 1. The summed E-state index contributed by atoms with van der Waals surface area (Å²) in [6.45, 7) is 12.0. The van der Waals surface area contributed by atoms with Crippen LogP contribution in [0.3, 0.4) is 0 Å². The first-order valence-corrected chi connectivity index (χ1v) is 4.60. The number of nitrogens with zero attached hydrogens (tertiary/aromatic N) is 3. The Hall–Kier alpha value is -2.16. The van der Waals surface area contributed by atoms with Crippen LogP contribution in [0.15, 0.2) is 12.4 Å². The quantitative estimate of drug-likeness (QED) is 0.738. The highest BCUT2D eigenvalue weighted by molar-refractivity contribution is 5.82. The molecule has 1 heterocycles. The van der Waals surface area contributed by atoms with Gasteiger partial charge in [0.05, 0.1) is 6.57 Å². The van der Waals surface area contributed by atoms with E-state index >= 15 is 0 Å². The number of ether oxygens (including phenoxy) is 1. The minimum Gasteiger partial charge on any atom is -0.444 e. The van der Waals surface area contributed by atoms with Gasteiger partial charge in [-0.05, 0) is 20.8 Å². The predicted molar refractivity (Wildman–Crippen MR) is 58.2 cm³/mol. The summed E-state index contributed by atoms with van der Waals surface area (Å²) in [6.07, 6.45) is 2.03. The summed E-state index contributed by atoms with van der Waals surface area (Å²) >= 11 is 0. The minimum atomic E-state index is -0.622. The monoisotopic (exact) mass is 220 g/mol. The van der Waals surface area contributed by atoms with Crippen LogP contribution in [-0.2, 0) is 4.74 Å². The van der Waals surface area contributed by atoms with Crippen LogP contribution in [0, 0.1) is 6.57 Å². The lowest BCUT2D eigenvalue weighted by Crippen LogP contribution is -2.27. The third kappa shape index (κ3) is 3.92. The molecule has 1 aromatic heterocycles. The van der Waals surface area contributed by atoms with Crippen LogP contribution in [0.25, 0.3) is 4.85 Å². The van der Waals surface area contributed by atoms with Crippen LogP contribution in [0.4, 0.5) is 16.4 Å². The van der Waals surface area contributed by atoms with Crippen molar-refractivity contribution in [3.8, 4) is 0 Å². The third-order valence-electron chi connectivity index (χ3n) is 1.38. The van der Waals surface area contributed by atoms with Gasteiger partial charge in [-0.3, -0.25) is 5.32 Å². The average molecular weight is 220 g/mol. The second-order valence-corrected chi connectivity index (χ2v) is 4.00. The molecule has 0 saturated heterocycles. The minimum absolute atomic E-state index is 0.113. The van der Waals surface area contributed by atoms with E-state index in [2.05, 4.69) is 20.1 Å². The molecule has 0 aliphatic carbocycles. The van der Waals surface area contributed by atoms with Crippen molar-refractivity contribution in [2.75, 3.05) is 5.32 Å². The molecule has 1 rings (SSSR count). The van der Waals surface area contributed by atoms with Crippen LogP contribution in [0.2, 0.25) is 0 Å². The number of hydrogen-bond donors (Lipinski definition) is 1. The van der Waals surface area contributed by atoms with Gasteiger partial charge in [-0.2, -0.15) is 0 Å². The van der Waals surface area contributed by atoms with Gasteiger partial charge >= 0.3 is 6.09 Å². The van der Waals surface area contributed by atoms with E-state index in [1.165, 1.54) is 12.4 Å². The molecule has 1 aromatic rings. The summed E-state index contributed by atoms with van der Waals surface area (Å²) in [5, 5.41) is 2.36. The lowest BCUT2D eigenvalue weighted by atomic mass is 10.2. The molecule has 6 nitrogen and oxygen atoms in total. The van der Waals surface area contributed by atoms with E-state index in [1.54, 1.807) is 20.8 Å². The van der Waals surface area contributed by atoms with Crippen LogP contribution < -0.4 is 5.32 Å². The Kier molecular flexibility index (Phi) is 3.40. The predicted octanol–water partition coefficient (Wildman–Crippen LogP) is 2.37. The molecule has 0 saturated carbocycles. The van der Waals surface area contributed by atoms with Gasteiger partial charge in [0, 0.05) is 12.4 Å². The van der Waals surface area contributed by atoms with Crippen molar-refractivity contribution in [3.63, 3.8) is 0 Å². The highest BCUT2D eigenvalue weighted by Gasteiger charge is 2.16. The Labute approximate surface area is 93.5 Å². The van der Waals surface area contributed by atoms with E-state index in [0.717, 1.165) is 0 Å². The number of anilines is 1. The Bertz CT molecular complexity index is 414. The largest absolute Gasteiger partial charge is 0.444 e. The van der Waals surface area contributed by atoms with Crippen molar-refractivity contribution >= 4 is 17.7 Å². The number of carbonyl (C=O) groups excluding carboxylic acids is 1. The second kappa shape index (κ2) is 4.57. The lowest BCUT2D eigenvalue weighted by Gasteiger charge is -2.19. The van der Waals surface area contributed by atoms with Crippen molar-refractivity contribution in [3.05, 3.63) is 23.8 Å². The number of carbonyl (C=O) groups is 1. The van der Waals surface area contributed by atoms with Crippen LogP contribution in [0.1, 0.15) is 20.8 Å². The second-order valence-electron chi connectivity index (χ2n) is 4.00. The van der Waals surface area contributed by atoms with Crippen molar-refractivity contribution in [1.82, 2.24) is 9.97 Å². The maximum absolute atomic E-state index is 11.3. The van der Waals surface area contributed by atoms with E-state index < -0.39 is 11.7 Å². The fourth-order valence-corrected chi connectivity index (χ4v) is 0.838. The average Bonchev–Trinajstić information content (AvgIpc) is 2.16. The first-order chi connectivity index (χ1) is 7.40. The number of hydrogen-bond acceptors (Lipinski definition) is 4. The molecular formula is C10H12N4O2. The lowest BCUT2D eigenvalue weighted by molar-refractivity contribution is 0.0634. The summed E-state index contributed by atoms with van der Waals surface area (Å²) in [6, 6.07) is 0. The summed E-state index contributed by atoms with van der Waals surface area (Å²) < 4.78 is 5.01. The summed E-state index contributed by atoms with van der Waals surface area (Å²) in [4.78, 5) is 22.0. The maximum atomic E-state index is 11.3. The number of rotatable bonds is 1. The molecule has 0 aliphatic heterocycles. The van der Waals surface area contributed by atoms with Gasteiger partial charge in [0.25, 0.3) is 0 Å². The molecule has 0 aliphatic rings. The molecular weight excluding hydrogens is 208 g/mol. The van der Waals surface area contributed by atoms with Gasteiger partial charge in [0.2, 0.25) is 11.6 Å². The normalized spacial score (nSPS) is 10.4. The van der Waals surface area contributed by atoms with Crippen molar-refractivity contribution in [1.29, 1.82) is 0 Å². The third-order valence-corrected chi connectivity index (χ3v) is 1.38. The van der Waals surface area contributed by atoms with E-state index in [1.807, 2.05) is 0 Å². The van der Waals surface area contributed by atoms with E-state index in [9.17, 15) is 4.79 Å². The summed E-state index contributed by atoms with van der Waals surface area (Å²) in [7, 11) is 0. The van der Waals surface area contributed by atoms with E-state index in [-0.39, 0.29) is 5.95 Å². The first-order valence-electron chi connectivity index (χ1n) is 4.60. The van der Waals surface area contributed by atoms with Crippen LogP contribution in [-0.4, -0.2) is 21.7 Å². The molecule has 0 unspecified atom stereocenters. The molecule has 1 N–H and O–H groups in total. The maximum Gasteiger partial charge on any atom is 0.414 e. The van der Waals surface area contributed by atoms with Crippen molar-refractivity contribution < 1.29 is 9.53 Å². The van der Waals surface area contributed by atoms with Crippen LogP contribution >= 0.6 is 0 Å². The molecule has 16 heavy (non-hydrogen) atoms. The molecule has 0 bridgehead atoms. The van der Waals surface area contributed by atoms with Crippen LogP contribution in [0.5, 0.6) is 0 Å². The van der Waals surface area contributed by atoms with Crippen molar-refractivity contribution in [2.24, 2.45) is 0 Å². The molecule has 6 heteroatoms. The molecule has 84 valence electrons. The Morgan fingerprint density at radius 2 is 2.00 bits per heavy atom. The topological polar surface area (TPSA) is 68.5 Å². The fourth-order valence-electron chi connectivity index (χ4n) is 0.838. The van der Waals surface area contributed by atoms with E-state index in [4.69, 9.17) is 11.3 Å². The fraction of sp³-hybridized carbons (Fsp3) is 0.400. The first kappa shape index (κ1) is 11.9. The molecule has 0 fully saturated rings. The SMILES string of the molecule is [C-]#[N+]c1cnc(NC(=O)OC(C)(C)C)nc1. The zero-order valence-electron chi connectivity index (χ0n) is 9.31. The Morgan fingerprint density at radius 3 is 2.44 bits per heavy atom. The molecule has 0 aromatic carbocycles. The van der Waals surface area contributed by atoms with Gasteiger partial charge in [0.15, 0.2) is 0 Å². The standard InChI is InChI=1S/C10H12N4O2/c1-10(2,3)16-9(15)14-8-12-5-7(11-4)6-13-8/h5-6H,1-3H3,(H,12,13,14,15). The molecule has 0 atom stereocenters. The summed E-state index contributed by atoms with van der Waals surface area (Å²) in [5.74, 6) is 0.113. The Morgan fingerprint density at radius 1 is 1.44 bits per heavy atom. The Balaban J connectivity index is 2.61. The molecule has 1 amide bonds. The number of amides is 1. The van der Waals surface area contributed by atoms with Gasteiger partial charge < -0.3 is 4.74 Å².